The van der Waals surface area contributed by atoms with Crippen LogP contribution in [0.2, 0.25) is 5.02 Å². The number of carbonyl (C=O) groups is 2. The van der Waals surface area contributed by atoms with Crippen molar-refractivity contribution in [2.75, 3.05) is 39.4 Å². The summed E-state index contributed by atoms with van der Waals surface area (Å²) in [7, 11) is 0. The van der Waals surface area contributed by atoms with Gasteiger partial charge in [0.2, 0.25) is 0 Å². The summed E-state index contributed by atoms with van der Waals surface area (Å²) in [6.07, 6.45) is 3.46. The molecule has 7 nitrogen and oxygen atoms in total. The normalized spacial score (nSPS) is 25.5. The number of carbonyl (C=O) groups excluding carboxylic acids is 1. The van der Waals surface area contributed by atoms with E-state index in [9.17, 15) is 14.7 Å². The third kappa shape index (κ3) is 2.91. The second-order valence-electron chi connectivity index (χ2n) is 5.77. The summed E-state index contributed by atoms with van der Waals surface area (Å²) in [5, 5.41) is 9.90. The molecule has 0 aliphatic carbocycles. The highest BCUT2D eigenvalue weighted by atomic mass is 35.5. The highest BCUT2D eigenvalue weighted by molar-refractivity contribution is 6.33. The number of ether oxygens (including phenoxy) is 1. The molecule has 2 aliphatic rings. The molecule has 0 saturated carbocycles. The van der Waals surface area contributed by atoms with E-state index < -0.39 is 11.5 Å². The molecule has 2 fully saturated rings. The molecule has 1 amide bonds. The lowest BCUT2D eigenvalue weighted by molar-refractivity contribution is -0.152. The maximum absolute atomic E-state index is 12.5. The molecule has 0 bridgehead atoms. The topological polar surface area (TPSA) is 83.0 Å². The molecule has 0 spiro atoms. The predicted molar refractivity (Wildman–Crippen MR) is 82.5 cm³/mol. The van der Waals surface area contributed by atoms with Crippen LogP contribution in [-0.2, 0) is 9.53 Å². The number of aliphatic carboxylic acids is 1. The van der Waals surface area contributed by atoms with Crippen molar-refractivity contribution in [3.05, 3.63) is 29.0 Å². The minimum atomic E-state index is -0.955. The van der Waals surface area contributed by atoms with E-state index in [-0.39, 0.29) is 12.5 Å². The zero-order valence-electron chi connectivity index (χ0n) is 12.6. The molecular formula is C15H18ClN3O4. The molecule has 3 rings (SSSR count). The fourth-order valence-corrected chi connectivity index (χ4v) is 3.36. The quantitative estimate of drug-likeness (QED) is 0.874. The van der Waals surface area contributed by atoms with E-state index in [1.54, 1.807) is 11.0 Å². The van der Waals surface area contributed by atoms with Crippen LogP contribution in [0.15, 0.2) is 18.5 Å². The van der Waals surface area contributed by atoms with Crippen molar-refractivity contribution in [2.45, 2.75) is 12.0 Å². The van der Waals surface area contributed by atoms with Crippen molar-refractivity contribution in [1.82, 2.24) is 14.8 Å². The molecule has 23 heavy (non-hydrogen) atoms. The number of nitrogens with zero attached hydrogens (tertiary/aromatic N) is 3. The lowest BCUT2D eigenvalue weighted by Gasteiger charge is -2.42. The largest absolute Gasteiger partial charge is 0.480 e. The fraction of sp³-hybridized carbons (Fsp3) is 0.533. The van der Waals surface area contributed by atoms with E-state index in [1.165, 1.54) is 12.4 Å². The minimum absolute atomic E-state index is 0.149. The monoisotopic (exact) mass is 339 g/mol. The van der Waals surface area contributed by atoms with Crippen LogP contribution in [0.4, 0.5) is 0 Å². The van der Waals surface area contributed by atoms with Gasteiger partial charge in [0.1, 0.15) is 5.54 Å². The first kappa shape index (κ1) is 16.2. The van der Waals surface area contributed by atoms with E-state index in [4.69, 9.17) is 16.3 Å². The van der Waals surface area contributed by atoms with E-state index in [2.05, 4.69) is 4.98 Å². The number of aromatic nitrogens is 1. The van der Waals surface area contributed by atoms with Crippen LogP contribution in [0.1, 0.15) is 16.8 Å². The Bertz CT molecular complexity index is 610. The summed E-state index contributed by atoms with van der Waals surface area (Å²) in [5.41, 5.74) is -0.532. The number of rotatable bonds is 3. The third-order valence-electron chi connectivity index (χ3n) is 4.57. The Labute approximate surface area is 138 Å². The second kappa shape index (κ2) is 6.43. The first-order valence-electron chi connectivity index (χ1n) is 7.49. The van der Waals surface area contributed by atoms with Crippen LogP contribution < -0.4 is 0 Å². The molecule has 1 N–H and O–H groups in total. The number of carboxylic acids is 1. The summed E-state index contributed by atoms with van der Waals surface area (Å²) >= 11 is 6.02. The van der Waals surface area contributed by atoms with Gasteiger partial charge >= 0.3 is 5.97 Å². The second-order valence-corrected chi connectivity index (χ2v) is 6.18. The summed E-state index contributed by atoms with van der Waals surface area (Å²) < 4.78 is 5.31. The van der Waals surface area contributed by atoms with Gasteiger partial charge in [-0.3, -0.25) is 19.5 Å². The summed E-state index contributed by atoms with van der Waals surface area (Å²) in [6.45, 7) is 2.60. The van der Waals surface area contributed by atoms with Gasteiger partial charge in [0.25, 0.3) is 5.91 Å². The molecule has 1 aromatic rings. The lowest BCUT2D eigenvalue weighted by atomic mass is 9.95. The van der Waals surface area contributed by atoms with Gasteiger partial charge in [0, 0.05) is 51.6 Å². The Kier molecular flexibility index (Phi) is 4.52. The average Bonchev–Trinajstić information content (AvgIpc) is 3.06. The van der Waals surface area contributed by atoms with Crippen LogP contribution >= 0.6 is 11.6 Å². The van der Waals surface area contributed by atoms with Crippen LogP contribution in [-0.4, -0.2) is 76.7 Å². The van der Waals surface area contributed by atoms with Gasteiger partial charge in [-0.15, -0.1) is 0 Å². The zero-order valence-corrected chi connectivity index (χ0v) is 13.3. The van der Waals surface area contributed by atoms with E-state index in [0.717, 1.165) is 0 Å². The summed E-state index contributed by atoms with van der Waals surface area (Å²) in [4.78, 5) is 31.7. The smallest absolute Gasteiger partial charge is 0.326 e. The molecule has 3 heterocycles. The molecule has 1 unspecified atom stereocenters. The van der Waals surface area contributed by atoms with E-state index >= 15 is 0 Å². The molecule has 124 valence electrons. The van der Waals surface area contributed by atoms with Crippen LogP contribution in [0.5, 0.6) is 0 Å². The Morgan fingerprint density at radius 3 is 2.61 bits per heavy atom. The van der Waals surface area contributed by atoms with Crippen LogP contribution in [0.25, 0.3) is 0 Å². The first-order valence-corrected chi connectivity index (χ1v) is 7.87. The van der Waals surface area contributed by atoms with Gasteiger partial charge in [0.05, 0.1) is 17.2 Å². The fourth-order valence-electron chi connectivity index (χ4n) is 3.16. The number of pyridine rings is 1. The van der Waals surface area contributed by atoms with Crippen molar-refractivity contribution >= 4 is 23.5 Å². The van der Waals surface area contributed by atoms with Gasteiger partial charge in [-0.2, -0.15) is 0 Å². The molecule has 1 atom stereocenters. The maximum Gasteiger partial charge on any atom is 0.326 e. The van der Waals surface area contributed by atoms with Crippen LogP contribution in [0, 0.1) is 0 Å². The Morgan fingerprint density at radius 1 is 1.30 bits per heavy atom. The molecule has 1 aromatic heterocycles. The molecule has 2 aliphatic heterocycles. The Morgan fingerprint density at radius 2 is 2.04 bits per heavy atom. The van der Waals surface area contributed by atoms with Crippen LogP contribution in [0.3, 0.4) is 0 Å². The van der Waals surface area contributed by atoms with E-state index in [0.29, 0.717) is 49.8 Å². The van der Waals surface area contributed by atoms with Gasteiger partial charge in [-0.25, -0.2) is 0 Å². The van der Waals surface area contributed by atoms with E-state index in [1.807, 2.05) is 4.90 Å². The molecule has 8 heteroatoms. The number of carboxylic acid groups (broad SMARTS) is 1. The van der Waals surface area contributed by atoms with Gasteiger partial charge in [-0.05, 0) is 6.07 Å². The minimum Gasteiger partial charge on any atom is -0.480 e. The van der Waals surface area contributed by atoms with Gasteiger partial charge < -0.3 is 14.7 Å². The number of halogens is 1. The zero-order chi connectivity index (χ0) is 16.4. The predicted octanol–water partition coefficient (Wildman–Crippen LogP) is 0.736. The number of hydrogen-bond donors (Lipinski definition) is 1. The van der Waals surface area contributed by atoms with Crippen molar-refractivity contribution in [2.24, 2.45) is 0 Å². The lowest BCUT2D eigenvalue weighted by Crippen LogP contribution is -2.61. The number of piperazine rings is 1. The third-order valence-corrected chi connectivity index (χ3v) is 4.88. The van der Waals surface area contributed by atoms with Crippen molar-refractivity contribution < 1.29 is 19.4 Å². The van der Waals surface area contributed by atoms with Crippen molar-refractivity contribution in [3.63, 3.8) is 0 Å². The van der Waals surface area contributed by atoms with Gasteiger partial charge in [-0.1, -0.05) is 11.6 Å². The molecule has 2 saturated heterocycles. The highest BCUT2D eigenvalue weighted by Crippen LogP contribution is 2.28. The molecule has 0 radical (unpaired) electrons. The molecular weight excluding hydrogens is 322 g/mol. The summed E-state index contributed by atoms with van der Waals surface area (Å²) in [5.74, 6) is -1.00. The average molecular weight is 340 g/mol. The Hall–Kier alpha value is -1.70. The summed E-state index contributed by atoms with van der Waals surface area (Å²) in [6, 6.07) is 1.60. The molecule has 0 aromatic carbocycles. The Balaban J connectivity index is 1.68. The number of hydrogen-bond acceptors (Lipinski definition) is 5. The highest BCUT2D eigenvalue weighted by Gasteiger charge is 2.48. The van der Waals surface area contributed by atoms with Crippen molar-refractivity contribution in [3.8, 4) is 0 Å². The SMILES string of the molecule is O=C(c1ccncc1Cl)N1CCN(C2(C(=O)O)CCOC2)CC1. The number of amides is 1. The van der Waals surface area contributed by atoms with Crippen molar-refractivity contribution in [1.29, 1.82) is 0 Å². The first-order chi connectivity index (χ1) is 11.0. The standard InChI is InChI=1S/C15H18ClN3O4/c16-12-9-17-3-1-11(12)13(20)18-4-6-19(7-5-18)15(14(21)22)2-8-23-10-15/h1,3,9H,2,4-8,10H2,(H,21,22). The van der Waals surface area contributed by atoms with Gasteiger partial charge in [0.15, 0.2) is 0 Å². The maximum atomic E-state index is 12.5.